The molecule has 11 atom stereocenters. The molecule has 408 valence electrons. The summed E-state index contributed by atoms with van der Waals surface area (Å²) in [5, 5.41) is 41.3. The molecule has 7 aliphatic carbocycles. The summed E-state index contributed by atoms with van der Waals surface area (Å²) in [6.45, 7) is 6.89. The summed E-state index contributed by atoms with van der Waals surface area (Å²) < 4.78 is 12.2. The van der Waals surface area contributed by atoms with Crippen LogP contribution < -0.4 is 0 Å². The van der Waals surface area contributed by atoms with Crippen LogP contribution in [0.1, 0.15) is 225 Å². The minimum Gasteiger partial charge on any atom is -0.462 e. The monoisotopic (exact) mass is 1020 g/mol. The molecule has 3 N–H and O–H groups in total. The molecule has 9 aliphatic rings. The van der Waals surface area contributed by atoms with Gasteiger partial charge in [-0.1, -0.05) is 119 Å². The van der Waals surface area contributed by atoms with E-state index in [1.165, 1.54) is 115 Å². The zero-order valence-electron chi connectivity index (χ0n) is 46.5. The van der Waals surface area contributed by atoms with Crippen LogP contribution in [0.2, 0.25) is 0 Å². The van der Waals surface area contributed by atoms with Crippen LogP contribution in [0.25, 0.3) is 0 Å². The number of hydrogen-bond donors (Lipinski definition) is 3. The first-order valence-electron chi connectivity index (χ1n) is 30.8. The van der Waals surface area contributed by atoms with Crippen molar-refractivity contribution in [3.05, 3.63) is 83.4 Å². The number of hydrogen-bond acceptors (Lipinski definition) is 7. The zero-order valence-corrected chi connectivity index (χ0v) is 46.5. The van der Waals surface area contributed by atoms with E-state index in [1.807, 2.05) is 6.92 Å². The molecular formula is C68H94O7. The summed E-state index contributed by atoms with van der Waals surface area (Å²) in [6.07, 6.45) is 30.8. The Morgan fingerprint density at radius 2 is 1.47 bits per heavy atom. The first kappa shape index (κ1) is 53.6. The van der Waals surface area contributed by atoms with Crippen LogP contribution in [0.15, 0.2) is 72.3 Å². The standard InChI is InChI=1S/C68H94O7/c1-49(18-17-21-50-19-7-4-8-20-50)25-26-56(69)68-57(70)30-36-62(3,60(68)55-45-61(2,31-14-11-24-58(71)75-55)67(68,73)39-27-51-42-59(72)74-46-51)52-28-37-64(38-29-52)43-54(66(48-64)41-40-63(47-66)32-15-16-33-63)44-65(34-12-6-13-35-65)53-22-9-5-10-23-53/h4-5,7-10,19-20,22-23,42,49,52,54-57,60,69-70,73H,6,11-13,15-18,21,24-30,32-41,43-48H2,1-3H3. The van der Waals surface area contributed by atoms with Crippen LogP contribution in [0, 0.1) is 68.0 Å². The van der Waals surface area contributed by atoms with Gasteiger partial charge in [0.25, 0.3) is 0 Å². The van der Waals surface area contributed by atoms with Crippen molar-refractivity contribution in [3.63, 3.8) is 0 Å². The number of esters is 2. The molecule has 2 aromatic carbocycles. The maximum Gasteiger partial charge on any atom is 0.331 e. The number of fused-ring (bicyclic) bond motifs is 4. The van der Waals surface area contributed by atoms with Gasteiger partial charge in [0.1, 0.15) is 12.7 Å². The molecule has 7 saturated carbocycles. The van der Waals surface area contributed by atoms with Crippen molar-refractivity contribution in [2.24, 2.45) is 56.2 Å². The fourth-order valence-electron chi connectivity index (χ4n) is 20.5. The third-order valence-corrected chi connectivity index (χ3v) is 24.1. The predicted octanol–water partition coefficient (Wildman–Crippen LogP) is 14.3. The van der Waals surface area contributed by atoms with Gasteiger partial charge in [-0.2, -0.15) is 0 Å². The number of cyclic esters (lactones) is 1. The highest BCUT2D eigenvalue weighted by molar-refractivity contribution is 5.85. The number of aryl methyl sites for hydroxylation is 1. The van der Waals surface area contributed by atoms with Gasteiger partial charge in [0, 0.05) is 24.8 Å². The molecule has 2 aliphatic heterocycles. The van der Waals surface area contributed by atoms with Crippen LogP contribution in [0.3, 0.4) is 0 Å². The number of ether oxygens (including phenoxy) is 2. The van der Waals surface area contributed by atoms with Gasteiger partial charge >= 0.3 is 11.9 Å². The Bertz CT molecular complexity index is 2430. The molecule has 0 radical (unpaired) electrons. The Labute approximate surface area is 451 Å². The van der Waals surface area contributed by atoms with E-state index in [-0.39, 0.29) is 42.7 Å². The first-order chi connectivity index (χ1) is 36.1. The second-order valence-corrected chi connectivity index (χ2v) is 28.2. The van der Waals surface area contributed by atoms with Crippen molar-refractivity contribution in [1.29, 1.82) is 0 Å². The molecule has 3 spiro atoms. The number of aliphatic hydroxyl groups excluding tert-OH is 2. The number of carbonyl (C=O) groups excluding carboxylic acids is 2. The van der Waals surface area contributed by atoms with E-state index in [4.69, 9.17) is 9.47 Å². The summed E-state index contributed by atoms with van der Waals surface area (Å²) in [5.74, 6) is 7.04. The number of carbonyl (C=O) groups is 2. The van der Waals surface area contributed by atoms with E-state index in [0.717, 1.165) is 56.4 Å². The molecule has 7 fully saturated rings. The molecule has 2 aromatic rings. The quantitative estimate of drug-likeness (QED) is 0.120. The smallest absolute Gasteiger partial charge is 0.331 e. The minimum atomic E-state index is -1.69. The van der Waals surface area contributed by atoms with Crippen molar-refractivity contribution in [1.82, 2.24) is 0 Å². The van der Waals surface area contributed by atoms with Gasteiger partial charge in [-0.25, -0.2) is 4.79 Å². The molecule has 0 amide bonds. The van der Waals surface area contributed by atoms with Gasteiger partial charge in [-0.05, 0) is 210 Å². The lowest BCUT2D eigenvalue weighted by atomic mass is 9.35. The highest BCUT2D eigenvalue weighted by Gasteiger charge is 2.78. The van der Waals surface area contributed by atoms with Gasteiger partial charge in [0.05, 0.1) is 35.1 Å². The van der Waals surface area contributed by atoms with E-state index >= 15 is 0 Å². The highest BCUT2D eigenvalue weighted by Crippen LogP contribution is 2.75. The summed E-state index contributed by atoms with van der Waals surface area (Å²) >= 11 is 0. The molecular weight excluding hydrogens is 929 g/mol. The maximum absolute atomic E-state index is 14.4. The Morgan fingerprint density at radius 1 is 0.760 bits per heavy atom. The average Bonchev–Trinajstić information content (AvgIpc) is 4.22. The van der Waals surface area contributed by atoms with Crippen LogP contribution in [-0.2, 0) is 30.9 Å². The molecule has 7 nitrogen and oxygen atoms in total. The molecule has 0 saturated heterocycles. The van der Waals surface area contributed by atoms with Crippen molar-refractivity contribution in [2.45, 2.75) is 249 Å². The minimum absolute atomic E-state index is 0.175. The second-order valence-electron chi connectivity index (χ2n) is 28.2. The Balaban J connectivity index is 0.929. The Morgan fingerprint density at radius 3 is 2.19 bits per heavy atom. The number of aliphatic hydroxyl groups is 3. The lowest BCUT2D eigenvalue weighted by Crippen LogP contribution is -2.79. The lowest BCUT2D eigenvalue weighted by Gasteiger charge is -2.72. The molecule has 2 bridgehead atoms. The molecule has 2 heterocycles. The molecule has 0 aromatic heterocycles. The van der Waals surface area contributed by atoms with Crippen molar-refractivity contribution < 1.29 is 34.4 Å². The topological polar surface area (TPSA) is 113 Å². The predicted molar refractivity (Wildman–Crippen MR) is 296 cm³/mol. The molecule has 11 rings (SSSR count). The fourth-order valence-corrected chi connectivity index (χ4v) is 20.5. The second kappa shape index (κ2) is 21.0. The van der Waals surface area contributed by atoms with Gasteiger partial charge in [-0.3, -0.25) is 4.79 Å². The van der Waals surface area contributed by atoms with E-state index in [1.54, 1.807) is 11.6 Å². The molecule has 75 heavy (non-hydrogen) atoms. The third-order valence-electron chi connectivity index (χ3n) is 24.1. The molecule has 7 heteroatoms. The SMILES string of the molecule is CC(CCCc1ccccc1)CCC(O)C12C(O)CCC(C)(C3CCC4(CC3)CC(CC3(c5ccccc5)CCCCC3)C3(CCC5(CCCC5)C3)C4)C1C1CC(C)(C#CCCC(=O)O1)C2(O)CCC1=CC(=O)OC1. The summed E-state index contributed by atoms with van der Waals surface area (Å²) in [6, 6.07) is 22.4. The van der Waals surface area contributed by atoms with Crippen LogP contribution in [-0.4, -0.2) is 57.8 Å². The summed E-state index contributed by atoms with van der Waals surface area (Å²) in [4.78, 5) is 26.5. The van der Waals surface area contributed by atoms with Crippen LogP contribution in [0.4, 0.5) is 0 Å². The largest absolute Gasteiger partial charge is 0.462 e. The zero-order chi connectivity index (χ0) is 52.2. The highest BCUT2D eigenvalue weighted by atomic mass is 16.5. The Hall–Kier alpha value is -3.44. The van der Waals surface area contributed by atoms with Gasteiger partial charge in [-0.15, -0.1) is 5.92 Å². The summed E-state index contributed by atoms with van der Waals surface area (Å²) in [5.41, 5.74) is 0.541. The Kier molecular flexibility index (Phi) is 15.0. The fraction of sp³-hybridized carbons (Fsp3) is 0.735. The number of benzene rings is 2. The van der Waals surface area contributed by atoms with Crippen molar-refractivity contribution >= 4 is 11.9 Å². The third kappa shape index (κ3) is 9.63. The van der Waals surface area contributed by atoms with E-state index < -0.39 is 46.1 Å². The average molecular weight is 1020 g/mol. The van der Waals surface area contributed by atoms with Gasteiger partial charge in [0.2, 0.25) is 0 Å². The van der Waals surface area contributed by atoms with Crippen molar-refractivity contribution in [3.8, 4) is 11.8 Å². The normalized spacial score (nSPS) is 39.7. The first-order valence-corrected chi connectivity index (χ1v) is 30.8. The lowest BCUT2D eigenvalue weighted by molar-refractivity contribution is -0.339. The van der Waals surface area contributed by atoms with Crippen molar-refractivity contribution in [2.75, 3.05) is 6.61 Å². The maximum atomic E-state index is 14.4. The van der Waals surface area contributed by atoms with E-state index in [9.17, 15) is 24.9 Å². The number of rotatable bonds is 15. The van der Waals surface area contributed by atoms with Crippen LogP contribution in [0.5, 0.6) is 0 Å². The van der Waals surface area contributed by atoms with E-state index in [0.29, 0.717) is 54.3 Å². The van der Waals surface area contributed by atoms with E-state index in [2.05, 4.69) is 86.4 Å². The summed E-state index contributed by atoms with van der Waals surface area (Å²) in [7, 11) is 0. The molecule has 11 unspecified atom stereocenters. The van der Waals surface area contributed by atoms with Gasteiger partial charge in [0.15, 0.2) is 0 Å². The van der Waals surface area contributed by atoms with Crippen LogP contribution >= 0.6 is 0 Å². The van der Waals surface area contributed by atoms with Gasteiger partial charge < -0.3 is 24.8 Å².